The lowest BCUT2D eigenvalue weighted by Gasteiger charge is -2.28. The molecule has 2 amide bonds. The molecule has 0 bridgehead atoms. The number of nitrogens with two attached hydrogens (primary N) is 1. The minimum absolute atomic E-state index is 0.171. The van der Waals surface area contributed by atoms with Crippen LogP contribution in [0, 0.1) is 0 Å². The Labute approximate surface area is 146 Å². The van der Waals surface area contributed by atoms with E-state index < -0.39 is 0 Å². The Kier molecular flexibility index (Phi) is 10.7. The van der Waals surface area contributed by atoms with E-state index in [4.69, 9.17) is 5.73 Å². The molecule has 1 aliphatic heterocycles. The fourth-order valence-electron chi connectivity index (χ4n) is 3.12. The molecule has 1 atom stereocenters. The molecule has 0 aromatic rings. The van der Waals surface area contributed by atoms with Gasteiger partial charge in [0.15, 0.2) is 0 Å². The SMILES string of the molecule is CCCCCC(O)CCN1C(=O)CCN1CCCCCCC(N)=O. The number of carbonyl (C=O) groups is 2. The van der Waals surface area contributed by atoms with Gasteiger partial charge < -0.3 is 10.8 Å². The zero-order chi connectivity index (χ0) is 17.8. The zero-order valence-electron chi connectivity index (χ0n) is 15.2. The first-order valence-corrected chi connectivity index (χ1v) is 9.56. The maximum atomic E-state index is 12.0. The second-order valence-electron chi connectivity index (χ2n) is 6.79. The van der Waals surface area contributed by atoms with E-state index in [1.54, 1.807) is 0 Å². The maximum absolute atomic E-state index is 12.0. The van der Waals surface area contributed by atoms with E-state index >= 15 is 0 Å². The minimum atomic E-state index is -0.305. The molecule has 6 nitrogen and oxygen atoms in total. The summed E-state index contributed by atoms with van der Waals surface area (Å²) in [6.45, 7) is 4.43. The molecule has 0 spiro atoms. The highest BCUT2D eigenvalue weighted by molar-refractivity contribution is 5.77. The lowest BCUT2D eigenvalue weighted by atomic mass is 10.1. The Hall–Kier alpha value is -1.14. The number of hydrogen-bond acceptors (Lipinski definition) is 4. The molecule has 1 aliphatic rings. The van der Waals surface area contributed by atoms with Crippen LogP contribution in [0.1, 0.15) is 77.6 Å². The standard InChI is InChI=1S/C18H35N3O3/c1-2-3-6-9-16(22)11-15-21-18(24)12-14-20(21)13-8-5-4-7-10-17(19)23/h16,22H,2-15H2,1H3,(H2,19,23). The van der Waals surface area contributed by atoms with Crippen molar-refractivity contribution in [3.05, 3.63) is 0 Å². The van der Waals surface area contributed by atoms with Gasteiger partial charge in [-0.2, -0.15) is 0 Å². The predicted molar refractivity (Wildman–Crippen MR) is 94.9 cm³/mol. The van der Waals surface area contributed by atoms with E-state index in [1.807, 2.05) is 5.01 Å². The number of hydrogen-bond donors (Lipinski definition) is 2. The first-order chi connectivity index (χ1) is 11.5. The number of aliphatic hydroxyl groups excluding tert-OH is 1. The Morgan fingerprint density at radius 1 is 1.12 bits per heavy atom. The molecule has 1 rings (SSSR count). The molecular formula is C18H35N3O3. The van der Waals surface area contributed by atoms with Crippen molar-refractivity contribution < 1.29 is 14.7 Å². The molecule has 0 saturated carbocycles. The van der Waals surface area contributed by atoms with E-state index in [0.29, 0.717) is 25.8 Å². The predicted octanol–water partition coefficient (Wildman–Crippen LogP) is 2.20. The highest BCUT2D eigenvalue weighted by atomic mass is 16.3. The quantitative estimate of drug-likeness (QED) is 0.474. The van der Waals surface area contributed by atoms with Crippen molar-refractivity contribution in [2.24, 2.45) is 5.73 Å². The van der Waals surface area contributed by atoms with Gasteiger partial charge in [-0.05, 0) is 25.7 Å². The van der Waals surface area contributed by atoms with Crippen LogP contribution in [0.5, 0.6) is 0 Å². The van der Waals surface area contributed by atoms with Gasteiger partial charge in [0.25, 0.3) is 0 Å². The summed E-state index contributed by atoms with van der Waals surface area (Å²) in [5.41, 5.74) is 5.12. The molecule has 24 heavy (non-hydrogen) atoms. The van der Waals surface area contributed by atoms with Crippen LogP contribution < -0.4 is 5.73 Å². The third kappa shape index (κ3) is 8.64. The molecule has 0 aromatic carbocycles. The van der Waals surface area contributed by atoms with Crippen molar-refractivity contribution in [1.82, 2.24) is 10.0 Å². The van der Waals surface area contributed by atoms with Gasteiger partial charge in [-0.3, -0.25) is 14.6 Å². The van der Waals surface area contributed by atoms with Crippen molar-refractivity contribution in [3.8, 4) is 0 Å². The van der Waals surface area contributed by atoms with Crippen LogP contribution in [0.15, 0.2) is 0 Å². The number of unbranched alkanes of at least 4 members (excludes halogenated alkanes) is 5. The van der Waals surface area contributed by atoms with E-state index in [1.165, 1.54) is 0 Å². The smallest absolute Gasteiger partial charge is 0.238 e. The van der Waals surface area contributed by atoms with Crippen molar-refractivity contribution in [2.75, 3.05) is 19.6 Å². The molecule has 1 saturated heterocycles. The number of aliphatic hydroxyl groups is 1. The summed E-state index contributed by atoms with van der Waals surface area (Å²) in [7, 11) is 0. The van der Waals surface area contributed by atoms with Crippen molar-refractivity contribution in [2.45, 2.75) is 83.7 Å². The topological polar surface area (TPSA) is 86.9 Å². The van der Waals surface area contributed by atoms with Gasteiger partial charge in [-0.25, -0.2) is 5.01 Å². The first-order valence-electron chi connectivity index (χ1n) is 9.56. The number of primary amides is 1. The monoisotopic (exact) mass is 341 g/mol. The minimum Gasteiger partial charge on any atom is -0.393 e. The summed E-state index contributed by atoms with van der Waals surface area (Å²) in [4.78, 5) is 22.7. The normalized spacial score (nSPS) is 16.8. The first kappa shape index (κ1) is 20.9. The molecule has 6 heteroatoms. The van der Waals surface area contributed by atoms with Crippen LogP contribution in [0.4, 0.5) is 0 Å². The van der Waals surface area contributed by atoms with Crippen molar-refractivity contribution in [1.29, 1.82) is 0 Å². The number of hydrazine groups is 1. The van der Waals surface area contributed by atoms with E-state index in [2.05, 4.69) is 11.9 Å². The molecule has 0 aliphatic carbocycles. The van der Waals surface area contributed by atoms with Crippen LogP contribution in [-0.2, 0) is 9.59 Å². The maximum Gasteiger partial charge on any atom is 0.238 e. The molecule has 140 valence electrons. The fraction of sp³-hybridized carbons (Fsp3) is 0.889. The van der Waals surface area contributed by atoms with Crippen molar-refractivity contribution >= 4 is 11.8 Å². The lowest BCUT2D eigenvalue weighted by Crippen LogP contribution is -2.41. The van der Waals surface area contributed by atoms with Gasteiger partial charge in [0, 0.05) is 32.5 Å². The lowest BCUT2D eigenvalue weighted by molar-refractivity contribution is -0.138. The van der Waals surface area contributed by atoms with Crippen LogP contribution in [0.3, 0.4) is 0 Å². The second kappa shape index (κ2) is 12.3. The van der Waals surface area contributed by atoms with Crippen LogP contribution in [0.2, 0.25) is 0 Å². The van der Waals surface area contributed by atoms with E-state index in [9.17, 15) is 14.7 Å². The highest BCUT2D eigenvalue weighted by Crippen LogP contribution is 2.16. The third-order valence-electron chi connectivity index (χ3n) is 4.62. The molecule has 3 N–H and O–H groups in total. The average Bonchev–Trinajstić information content (AvgIpc) is 2.89. The summed E-state index contributed by atoms with van der Waals surface area (Å²) < 4.78 is 0. The van der Waals surface area contributed by atoms with Crippen LogP contribution in [0.25, 0.3) is 0 Å². The van der Waals surface area contributed by atoms with Gasteiger partial charge >= 0.3 is 0 Å². The van der Waals surface area contributed by atoms with Gasteiger partial charge in [-0.15, -0.1) is 0 Å². The van der Waals surface area contributed by atoms with Gasteiger partial charge in [0.05, 0.1) is 6.10 Å². The molecule has 1 unspecified atom stereocenters. The molecule has 0 radical (unpaired) electrons. The highest BCUT2D eigenvalue weighted by Gasteiger charge is 2.28. The van der Waals surface area contributed by atoms with Crippen LogP contribution in [-0.4, -0.2) is 52.7 Å². The zero-order valence-corrected chi connectivity index (χ0v) is 15.2. The number of rotatable bonds is 14. The molecule has 1 fully saturated rings. The average molecular weight is 341 g/mol. The van der Waals surface area contributed by atoms with Crippen molar-refractivity contribution in [3.63, 3.8) is 0 Å². The molecule has 0 aromatic heterocycles. The van der Waals surface area contributed by atoms with Gasteiger partial charge in [-0.1, -0.05) is 39.0 Å². The number of nitrogens with zero attached hydrogens (tertiary/aromatic N) is 2. The fourth-order valence-corrected chi connectivity index (χ4v) is 3.12. The summed E-state index contributed by atoms with van der Waals surface area (Å²) in [5, 5.41) is 14.0. The molecular weight excluding hydrogens is 306 g/mol. The summed E-state index contributed by atoms with van der Waals surface area (Å²) >= 11 is 0. The number of carbonyl (C=O) groups excluding carboxylic acids is 2. The summed E-state index contributed by atoms with van der Waals surface area (Å²) in [5.74, 6) is -0.0618. The largest absolute Gasteiger partial charge is 0.393 e. The van der Waals surface area contributed by atoms with E-state index in [0.717, 1.165) is 64.5 Å². The van der Waals surface area contributed by atoms with Gasteiger partial charge in [0.2, 0.25) is 11.8 Å². The Morgan fingerprint density at radius 2 is 1.88 bits per heavy atom. The summed E-state index contributed by atoms with van der Waals surface area (Å²) in [6, 6.07) is 0. The van der Waals surface area contributed by atoms with Crippen LogP contribution >= 0.6 is 0 Å². The number of amides is 2. The second-order valence-corrected chi connectivity index (χ2v) is 6.79. The Morgan fingerprint density at radius 3 is 2.58 bits per heavy atom. The third-order valence-corrected chi connectivity index (χ3v) is 4.62. The van der Waals surface area contributed by atoms with Gasteiger partial charge in [0.1, 0.15) is 0 Å². The summed E-state index contributed by atoms with van der Waals surface area (Å²) in [6.07, 6.45) is 9.50. The van der Waals surface area contributed by atoms with E-state index in [-0.39, 0.29) is 17.9 Å². The Bertz CT molecular complexity index is 377. The molecule has 1 heterocycles. The Balaban J connectivity index is 2.19.